The Labute approximate surface area is 136 Å². The highest BCUT2D eigenvalue weighted by atomic mass is 16.5. The number of aryl methyl sites for hydroxylation is 1. The van der Waals surface area contributed by atoms with E-state index in [0.717, 1.165) is 31.6 Å². The molecule has 1 aromatic rings. The van der Waals surface area contributed by atoms with E-state index in [0.29, 0.717) is 11.8 Å². The van der Waals surface area contributed by atoms with Crippen LogP contribution in [0.5, 0.6) is 0 Å². The highest BCUT2D eigenvalue weighted by Crippen LogP contribution is 2.21. The lowest BCUT2D eigenvalue weighted by Crippen LogP contribution is -2.54. The Morgan fingerprint density at radius 1 is 1.52 bits per heavy atom. The molecular formula is C16H26N4O3. The zero-order valence-corrected chi connectivity index (χ0v) is 14.3. The van der Waals surface area contributed by atoms with Crippen LogP contribution in [0.1, 0.15) is 39.3 Å². The van der Waals surface area contributed by atoms with Gasteiger partial charge in [0.05, 0.1) is 11.7 Å². The summed E-state index contributed by atoms with van der Waals surface area (Å²) in [7, 11) is 0. The molecule has 0 saturated carbocycles. The van der Waals surface area contributed by atoms with Crippen molar-refractivity contribution in [3.05, 3.63) is 11.8 Å². The molecule has 1 saturated heterocycles. The van der Waals surface area contributed by atoms with Crippen LogP contribution in [0.15, 0.2) is 10.6 Å². The van der Waals surface area contributed by atoms with Crippen LogP contribution in [-0.2, 0) is 9.59 Å². The number of likely N-dealkylation sites (tertiary alicyclic amines) is 1. The van der Waals surface area contributed by atoms with Crippen molar-refractivity contribution in [1.29, 1.82) is 0 Å². The lowest BCUT2D eigenvalue weighted by atomic mass is 9.89. The van der Waals surface area contributed by atoms with Gasteiger partial charge >= 0.3 is 0 Å². The second kappa shape index (κ2) is 7.59. The van der Waals surface area contributed by atoms with Crippen molar-refractivity contribution in [3.8, 4) is 0 Å². The Morgan fingerprint density at radius 3 is 2.83 bits per heavy atom. The zero-order valence-electron chi connectivity index (χ0n) is 14.3. The smallest absolute Gasteiger partial charge is 0.243 e. The van der Waals surface area contributed by atoms with E-state index in [1.54, 1.807) is 19.9 Å². The van der Waals surface area contributed by atoms with Gasteiger partial charge in [0, 0.05) is 32.1 Å². The molecule has 1 aliphatic heterocycles. The minimum absolute atomic E-state index is 0.119. The molecule has 0 aliphatic carbocycles. The highest BCUT2D eigenvalue weighted by Gasteiger charge is 2.31. The first-order valence-electron chi connectivity index (χ1n) is 8.16. The zero-order chi connectivity index (χ0) is 17.0. The fraction of sp³-hybridized carbons (Fsp3) is 0.688. The summed E-state index contributed by atoms with van der Waals surface area (Å²) in [6.45, 7) is 8.84. The van der Waals surface area contributed by atoms with Gasteiger partial charge < -0.3 is 14.7 Å². The minimum atomic E-state index is -0.344. The number of aromatic nitrogens is 1. The van der Waals surface area contributed by atoms with E-state index in [-0.39, 0.29) is 23.9 Å². The maximum atomic E-state index is 12.2. The number of piperidine rings is 1. The molecule has 0 unspecified atom stereocenters. The number of nitrogens with one attached hydrogen (secondary N) is 2. The Balaban J connectivity index is 1.89. The molecule has 0 radical (unpaired) electrons. The van der Waals surface area contributed by atoms with Crippen molar-refractivity contribution in [1.82, 2.24) is 15.4 Å². The molecule has 2 heterocycles. The first-order chi connectivity index (χ1) is 10.9. The minimum Gasteiger partial charge on any atom is -0.343 e. The van der Waals surface area contributed by atoms with Crippen molar-refractivity contribution < 1.29 is 14.1 Å². The number of hydrogen-bond donors (Lipinski definition) is 2. The number of nitrogens with zero attached hydrogens (tertiary/aromatic N) is 2. The van der Waals surface area contributed by atoms with E-state index in [1.807, 2.05) is 11.8 Å². The third-order valence-electron chi connectivity index (χ3n) is 4.44. The van der Waals surface area contributed by atoms with Crippen LogP contribution in [0.25, 0.3) is 0 Å². The average Bonchev–Trinajstić information content (AvgIpc) is 2.92. The maximum Gasteiger partial charge on any atom is 0.243 e. The predicted molar refractivity (Wildman–Crippen MR) is 86.9 cm³/mol. The molecule has 2 rings (SSSR count). The van der Waals surface area contributed by atoms with Gasteiger partial charge in [-0.05, 0) is 26.2 Å². The van der Waals surface area contributed by atoms with Crippen LogP contribution in [0.2, 0.25) is 0 Å². The van der Waals surface area contributed by atoms with E-state index < -0.39 is 0 Å². The van der Waals surface area contributed by atoms with Crippen molar-refractivity contribution >= 4 is 17.7 Å². The lowest BCUT2D eigenvalue weighted by Gasteiger charge is -2.39. The molecule has 2 N–H and O–H groups in total. The Bertz CT molecular complexity index is 557. The molecule has 0 spiro atoms. The maximum absolute atomic E-state index is 12.2. The summed E-state index contributed by atoms with van der Waals surface area (Å²) in [6.07, 6.45) is 1.83. The second-order valence-corrected chi connectivity index (χ2v) is 6.24. The summed E-state index contributed by atoms with van der Waals surface area (Å²) in [5.41, 5.74) is 0.726. The summed E-state index contributed by atoms with van der Waals surface area (Å²) in [6, 6.07) is 1.57. The summed E-state index contributed by atoms with van der Waals surface area (Å²) in [4.78, 5) is 25.6. The molecule has 3 atom stereocenters. The van der Waals surface area contributed by atoms with Crippen molar-refractivity contribution in [2.45, 2.75) is 52.6 Å². The summed E-state index contributed by atoms with van der Waals surface area (Å²) >= 11 is 0. The topological polar surface area (TPSA) is 87.5 Å². The predicted octanol–water partition coefficient (Wildman–Crippen LogP) is 1.55. The summed E-state index contributed by atoms with van der Waals surface area (Å²) < 4.78 is 5.00. The third-order valence-corrected chi connectivity index (χ3v) is 4.44. The van der Waals surface area contributed by atoms with Crippen molar-refractivity contribution in [3.63, 3.8) is 0 Å². The fourth-order valence-electron chi connectivity index (χ4n) is 3.00. The number of amides is 2. The molecule has 1 aliphatic rings. The van der Waals surface area contributed by atoms with Crippen LogP contribution in [-0.4, -0.2) is 47.0 Å². The van der Waals surface area contributed by atoms with Gasteiger partial charge in [0.2, 0.25) is 17.7 Å². The van der Waals surface area contributed by atoms with Crippen LogP contribution in [0.4, 0.5) is 5.88 Å². The number of carbonyl (C=O) groups is 2. The van der Waals surface area contributed by atoms with Gasteiger partial charge in [0.15, 0.2) is 0 Å². The SMILES string of the molecule is CC[C@@H]1CN(C(C)=O)CC[C@@H]1N[C@@H](C)C(=O)Nc1cc(C)no1. The van der Waals surface area contributed by atoms with Crippen LogP contribution in [0.3, 0.4) is 0 Å². The van der Waals surface area contributed by atoms with Crippen molar-refractivity contribution in [2.75, 3.05) is 18.4 Å². The van der Waals surface area contributed by atoms with E-state index in [2.05, 4.69) is 22.7 Å². The number of carbonyl (C=O) groups excluding carboxylic acids is 2. The molecule has 0 aromatic carbocycles. The molecule has 1 aromatic heterocycles. The molecule has 7 nitrogen and oxygen atoms in total. The standard InChI is InChI=1S/C16H26N4O3/c1-5-13-9-20(12(4)21)7-6-14(13)17-11(3)16(22)18-15-8-10(2)19-23-15/h8,11,13-14,17H,5-7,9H2,1-4H3,(H,18,22)/t11-,13+,14-/m0/s1. The van der Waals surface area contributed by atoms with Gasteiger partial charge in [-0.25, -0.2) is 0 Å². The van der Waals surface area contributed by atoms with E-state index in [9.17, 15) is 9.59 Å². The molecule has 1 fully saturated rings. The first-order valence-corrected chi connectivity index (χ1v) is 8.16. The van der Waals surface area contributed by atoms with E-state index in [4.69, 9.17) is 4.52 Å². The monoisotopic (exact) mass is 322 g/mol. The average molecular weight is 322 g/mol. The van der Waals surface area contributed by atoms with Gasteiger partial charge in [-0.3, -0.25) is 14.9 Å². The first kappa shape index (κ1) is 17.5. The molecule has 0 bridgehead atoms. The third kappa shape index (κ3) is 4.54. The Kier molecular flexibility index (Phi) is 5.76. The van der Waals surface area contributed by atoms with Crippen LogP contribution >= 0.6 is 0 Å². The molecule has 128 valence electrons. The van der Waals surface area contributed by atoms with Gasteiger partial charge in [-0.15, -0.1) is 0 Å². The number of anilines is 1. The van der Waals surface area contributed by atoms with Crippen molar-refractivity contribution in [2.24, 2.45) is 5.92 Å². The highest BCUT2D eigenvalue weighted by molar-refractivity contribution is 5.93. The Morgan fingerprint density at radius 2 is 2.26 bits per heavy atom. The molecule has 23 heavy (non-hydrogen) atoms. The van der Waals surface area contributed by atoms with Crippen LogP contribution < -0.4 is 10.6 Å². The van der Waals surface area contributed by atoms with Gasteiger partial charge in [0.1, 0.15) is 0 Å². The summed E-state index contributed by atoms with van der Waals surface area (Å²) in [5, 5.41) is 9.86. The fourth-order valence-corrected chi connectivity index (χ4v) is 3.00. The molecular weight excluding hydrogens is 296 g/mol. The quantitative estimate of drug-likeness (QED) is 0.859. The normalized spacial score (nSPS) is 22.7. The summed E-state index contributed by atoms with van der Waals surface area (Å²) in [5.74, 6) is 0.688. The Hall–Kier alpha value is -1.89. The van der Waals surface area contributed by atoms with E-state index >= 15 is 0 Å². The van der Waals surface area contributed by atoms with Gasteiger partial charge in [-0.1, -0.05) is 18.5 Å². The lowest BCUT2D eigenvalue weighted by molar-refractivity contribution is -0.131. The molecule has 2 amide bonds. The van der Waals surface area contributed by atoms with E-state index in [1.165, 1.54) is 0 Å². The number of hydrogen-bond acceptors (Lipinski definition) is 5. The number of rotatable bonds is 5. The van der Waals surface area contributed by atoms with Gasteiger partial charge in [-0.2, -0.15) is 0 Å². The van der Waals surface area contributed by atoms with Gasteiger partial charge in [0.25, 0.3) is 0 Å². The second-order valence-electron chi connectivity index (χ2n) is 6.24. The van der Waals surface area contributed by atoms with Crippen LogP contribution in [0, 0.1) is 12.8 Å². The molecule has 7 heteroatoms. The largest absolute Gasteiger partial charge is 0.343 e.